The highest BCUT2D eigenvalue weighted by Gasteiger charge is 2.16. The van der Waals surface area contributed by atoms with Gasteiger partial charge in [0.2, 0.25) is 0 Å². The Kier molecular flexibility index (Phi) is 3.82. The van der Waals surface area contributed by atoms with Crippen molar-refractivity contribution < 1.29 is 9.90 Å². The van der Waals surface area contributed by atoms with Gasteiger partial charge in [0.05, 0.1) is 18.0 Å². The lowest BCUT2D eigenvalue weighted by molar-refractivity contribution is 0.0908. The lowest BCUT2D eigenvalue weighted by atomic mass is 10.1. The summed E-state index contributed by atoms with van der Waals surface area (Å²) in [6.07, 6.45) is 0.669. The van der Waals surface area contributed by atoms with Crippen molar-refractivity contribution in [1.29, 1.82) is 0 Å². The molecule has 0 fully saturated rings. The van der Waals surface area contributed by atoms with E-state index in [0.29, 0.717) is 11.4 Å². The zero-order chi connectivity index (χ0) is 13.8. The third-order valence-corrected chi connectivity index (χ3v) is 2.82. The average molecular weight is 260 g/mol. The molecular formula is C13H16N4O2. The number of hydrogen-bond donors (Lipinski definition) is 3. The molecule has 1 aromatic heterocycles. The molecule has 0 aliphatic carbocycles. The molecule has 0 saturated carbocycles. The summed E-state index contributed by atoms with van der Waals surface area (Å²) >= 11 is 0. The van der Waals surface area contributed by atoms with Gasteiger partial charge in [-0.25, -0.2) is 0 Å². The van der Waals surface area contributed by atoms with Gasteiger partial charge in [0.25, 0.3) is 5.91 Å². The van der Waals surface area contributed by atoms with Crippen molar-refractivity contribution in [2.75, 3.05) is 12.3 Å². The maximum absolute atomic E-state index is 11.9. The summed E-state index contributed by atoms with van der Waals surface area (Å²) in [6.45, 7) is 0.119. The van der Waals surface area contributed by atoms with E-state index in [9.17, 15) is 9.90 Å². The van der Waals surface area contributed by atoms with Crippen molar-refractivity contribution in [3.8, 4) is 0 Å². The number of rotatable bonds is 4. The Morgan fingerprint density at radius 3 is 2.74 bits per heavy atom. The maximum atomic E-state index is 11.9. The second kappa shape index (κ2) is 5.53. The number of amides is 1. The van der Waals surface area contributed by atoms with E-state index >= 15 is 0 Å². The molecule has 0 spiro atoms. The van der Waals surface area contributed by atoms with Gasteiger partial charge in [-0.3, -0.25) is 9.48 Å². The predicted molar refractivity (Wildman–Crippen MR) is 71.4 cm³/mol. The smallest absolute Gasteiger partial charge is 0.271 e. The molecule has 0 aliphatic heterocycles. The summed E-state index contributed by atoms with van der Waals surface area (Å²) in [5.74, 6) is -0.354. The summed E-state index contributed by atoms with van der Waals surface area (Å²) in [5, 5.41) is 16.5. The first-order valence-corrected chi connectivity index (χ1v) is 5.88. The normalized spacial score (nSPS) is 12.1. The van der Waals surface area contributed by atoms with Gasteiger partial charge in [-0.05, 0) is 5.56 Å². The van der Waals surface area contributed by atoms with E-state index in [1.165, 1.54) is 10.9 Å². The Hall–Kier alpha value is -2.34. The molecule has 0 aliphatic rings. The minimum absolute atomic E-state index is 0.119. The molecule has 1 amide bonds. The van der Waals surface area contributed by atoms with Crippen molar-refractivity contribution >= 4 is 11.6 Å². The van der Waals surface area contributed by atoms with E-state index < -0.39 is 6.10 Å². The minimum atomic E-state index is -0.750. The van der Waals surface area contributed by atoms with Gasteiger partial charge in [0.15, 0.2) is 0 Å². The van der Waals surface area contributed by atoms with E-state index in [1.54, 1.807) is 19.2 Å². The van der Waals surface area contributed by atoms with Crippen LogP contribution in [0.2, 0.25) is 0 Å². The van der Waals surface area contributed by atoms with Crippen LogP contribution in [-0.2, 0) is 7.05 Å². The van der Waals surface area contributed by atoms with E-state index in [4.69, 9.17) is 5.73 Å². The van der Waals surface area contributed by atoms with Crippen LogP contribution in [0.3, 0.4) is 0 Å². The topological polar surface area (TPSA) is 93.2 Å². The highest BCUT2D eigenvalue weighted by molar-refractivity contribution is 5.97. The third kappa shape index (κ3) is 2.92. The molecule has 6 nitrogen and oxygen atoms in total. The van der Waals surface area contributed by atoms with E-state index in [1.807, 2.05) is 18.2 Å². The summed E-state index contributed by atoms with van der Waals surface area (Å²) in [5.41, 5.74) is 7.01. The first kappa shape index (κ1) is 13.1. The summed E-state index contributed by atoms with van der Waals surface area (Å²) in [7, 11) is 1.64. The highest BCUT2D eigenvalue weighted by Crippen LogP contribution is 2.12. The Balaban J connectivity index is 1.98. The number of aliphatic hydroxyl groups is 1. The largest absolute Gasteiger partial charge is 0.396 e. The van der Waals surface area contributed by atoms with Crippen molar-refractivity contribution in [1.82, 2.24) is 15.1 Å². The zero-order valence-electron chi connectivity index (χ0n) is 10.6. The van der Waals surface area contributed by atoms with Crippen LogP contribution >= 0.6 is 0 Å². The second-order valence-corrected chi connectivity index (χ2v) is 4.21. The molecule has 1 unspecified atom stereocenters. The molecule has 1 atom stereocenters. The van der Waals surface area contributed by atoms with Crippen molar-refractivity contribution in [3.05, 3.63) is 47.8 Å². The average Bonchev–Trinajstić information content (AvgIpc) is 2.76. The molecule has 19 heavy (non-hydrogen) atoms. The number of aryl methyl sites for hydroxylation is 1. The number of aromatic nitrogens is 2. The number of nitrogen functional groups attached to an aromatic ring is 1. The van der Waals surface area contributed by atoms with E-state index in [-0.39, 0.29) is 12.5 Å². The number of aliphatic hydroxyl groups excluding tert-OH is 1. The van der Waals surface area contributed by atoms with Crippen LogP contribution in [0.5, 0.6) is 0 Å². The quantitative estimate of drug-likeness (QED) is 0.744. The summed E-state index contributed by atoms with van der Waals surface area (Å²) in [6, 6.07) is 9.13. The van der Waals surface area contributed by atoms with Gasteiger partial charge >= 0.3 is 0 Å². The van der Waals surface area contributed by atoms with Gasteiger partial charge in [-0.1, -0.05) is 30.3 Å². The van der Waals surface area contributed by atoms with Crippen LogP contribution < -0.4 is 11.1 Å². The number of carbonyl (C=O) groups excluding carboxylic acids is 1. The van der Waals surface area contributed by atoms with Crippen molar-refractivity contribution in [2.45, 2.75) is 6.10 Å². The van der Waals surface area contributed by atoms with Crippen molar-refractivity contribution in [2.24, 2.45) is 7.05 Å². The van der Waals surface area contributed by atoms with Crippen molar-refractivity contribution in [3.63, 3.8) is 0 Å². The van der Waals surface area contributed by atoms with Crippen LogP contribution in [0.1, 0.15) is 22.2 Å². The number of hydrogen-bond acceptors (Lipinski definition) is 4. The van der Waals surface area contributed by atoms with Crippen LogP contribution in [0, 0.1) is 0 Å². The molecular weight excluding hydrogens is 244 g/mol. The van der Waals surface area contributed by atoms with Gasteiger partial charge in [-0.2, -0.15) is 5.10 Å². The number of nitrogens with two attached hydrogens (primary N) is 1. The zero-order valence-corrected chi connectivity index (χ0v) is 10.6. The number of nitrogens with one attached hydrogen (secondary N) is 1. The number of anilines is 1. The van der Waals surface area contributed by atoms with Gasteiger partial charge in [0.1, 0.15) is 5.69 Å². The van der Waals surface area contributed by atoms with Gasteiger partial charge < -0.3 is 16.2 Å². The second-order valence-electron chi connectivity index (χ2n) is 4.21. The lowest BCUT2D eigenvalue weighted by Gasteiger charge is -2.12. The van der Waals surface area contributed by atoms with Crippen LogP contribution in [0.15, 0.2) is 36.5 Å². The Morgan fingerprint density at radius 2 is 2.16 bits per heavy atom. The summed E-state index contributed by atoms with van der Waals surface area (Å²) in [4.78, 5) is 11.9. The molecule has 1 aromatic carbocycles. The summed E-state index contributed by atoms with van der Waals surface area (Å²) < 4.78 is 1.40. The number of carbonyl (C=O) groups is 1. The van der Waals surface area contributed by atoms with Crippen LogP contribution in [0.4, 0.5) is 5.69 Å². The molecule has 2 rings (SSSR count). The standard InChI is InChI=1S/C13H16N4O2/c1-17-12(10(14)7-16-17)13(19)15-8-11(18)9-5-3-2-4-6-9/h2-7,11,18H,8,14H2,1H3,(H,15,19). The fourth-order valence-electron chi connectivity index (χ4n) is 1.80. The first-order chi connectivity index (χ1) is 9.09. The SMILES string of the molecule is Cn1ncc(N)c1C(=O)NCC(O)c1ccccc1. The molecule has 2 aromatic rings. The third-order valence-electron chi connectivity index (χ3n) is 2.82. The number of nitrogens with zero attached hydrogens (tertiary/aromatic N) is 2. The monoisotopic (exact) mass is 260 g/mol. The molecule has 0 bridgehead atoms. The predicted octanol–water partition coefficient (Wildman–Crippen LogP) is 0.466. The Bertz CT molecular complexity index is 546. The molecule has 1 heterocycles. The maximum Gasteiger partial charge on any atom is 0.271 e. The van der Waals surface area contributed by atoms with Gasteiger partial charge in [0, 0.05) is 13.6 Å². The minimum Gasteiger partial charge on any atom is -0.396 e. The van der Waals surface area contributed by atoms with Crippen LogP contribution in [-0.4, -0.2) is 27.3 Å². The first-order valence-electron chi connectivity index (χ1n) is 5.88. The lowest BCUT2D eigenvalue weighted by Crippen LogP contribution is -2.30. The Labute approximate surface area is 110 Å². The molecule has 0 saturated heterocycles. The van der Waals surface area contributed by atoms with E-state index in [2.05, 4.69) is 10.4 Å². The molecule has 0 radical (unpaired) electrons. The molecule has 100 valence electrons. The Morgan fingerprint density at radius 1 is 1.47 bits per heavy atom. The molecule has 4 N–H and O–H groups in total. The molecule has 6 heteroatoms. The van der Waals surface area contributed by atoms with Gasteiger partial charge in [-0.15, -0.1) is 0 Å². The van der Waals surface area contributed by atoms with E-state index in [0.717, 1.165) is 5.56 Å². The number of benzene rings is 1. The fourth-order valence-corrected chi connectivity index (χ4v) is 1.80. The highest BCUT2D eigenvalue weighted by atomic mass is 16.3. The fraction of sp³-hybridized carbons (Fsp3) is 0.231. The van der Waals surface area contributed by atoms with Crippen LogP contribution in [0.25, 0.3) is 0 Å².